The van der Waals surface area contributed by atoms with Crippen LogP contribution < -0.4 is 5.32 Å². The van der Waals surface area contributed by atoms with Crippen LogP contribution in [0.5, 0.6) is 0 Å². The maximum absolute atomic E-state index is 11.9. The Morgan fingerprint density at radius 1 is 0.714 bits per heavy atom. The summed E-state index contributed by atoms with van der Waals surface area (Å²) in [6.07, 6.45) is 1.42. The fourth-order valence-corrected chi connectivity index (χ4v) is 3.03. The van der Waals surface area contributed by atoms with Crippen LogP contribution in [-0.2, 0) is 27.2 Å². The molecule has 1 aliphatic heterocycles. The van der Waals surface area contributed by atoms with Crippen molar-refractivity contribution < 1.29 is 23.8 Å². The maximum Gasteiger partial charge on any atom is 0.259 e. The van der Waals surface area contributed by atoms with Crippen molar-refractivity contribution in [3.05, 3.63) is 70.8 Å². The molecule has 0 saturated carbocycles. The van der Waals surface area contributed by atoms with Crippen molar-refractivity contribution in [2.24, 2.45) is 0 Å². The van der Waals surface area contributed by atoms with Gasteiger partial charge in [0.05, 0.1) is 37.6 Å². The minimum atomic E-state index is -0.330. The standard InChI is InChI=1S/C22H25NO5/c24-21-19-9-4-8-18(20(19)22(25)23-21)10-13-27-15-14-26-11-5-12-28-16-17-6-2-1-3-7-17/h1-4,6-9H,5,10-16H2,(H,23,24,25). The fourth-order valence-electron chi connectivity index (χ4n) is 3.03. The van der Waals surface area contributed by atoms with Crippen molar-refractivity contribution in [2.75, 3.05) is 33.0 Å². The van der Waals surface area contributed by atoms with Crippen LogP contribution in [0, 0.1) is 0 Å². The van der Waals surface area contributed by atoms with E-state index in [-0.39, 0.29) is 11.8 Å². The molecule has 3 rings (SSSR count). The van der Waals surface area contributed by atoms with Gasteiger partial charge in [-0.1, -0.05) is 42.5 Å². The van der Waals surface area contributed by atoms with E-state index in [4.69, 9.17) is 14.2 Å². The second kappa shape index (κ2) is 10.7. The highest BCUT2D eigenvalue weighted by Crippen LogP contribution is 2.20. The van der Waals surface area contributed by atoms with Gasteiger partial charge in [0.2, 0.25) is 0 Å². The van der Waals surface area contributed by atoms with Crippen LogP contribution in [0.1, 0.15) is 38.3 Å². The minimum Gasteiger partial charge on any atom is -0.379 e. The third-order valence-corrected chi connectivity index (χ3v) is 4.43. The lowest BCUT2D eigenvalue weighted by atomic mass is 10.0. The molecule has 0 unspecified atom stereocenters. The van der Waals surface area contributed by atoms with Crippen molar-refractivity contribution in [3.8, 4) is 0 Å². The molecule has 1 heterocycles. The molecule has 1 aliphatic rings. The third-order valence-electron chi connectivity index (χ3n) is 4.43. The number of benzene rings is 2. The van der Waals surface area contributed by atoms with E-state index >= 15 is 0 Å². The van der Waals surface area contributed by atoms with Crippen LogP contribution in [0.2, 0.25) is 0 Å². The Morgan fingerprint density at radius 3 is 2.29 bits per heavy atom. The molecule has 2 aromatic rings. The zero-order valence-electron chi connectivity index (χ0n) is 15.8. The van der Waals surface area contributed by atoms with Gasteiger partial charge in [-0.05, 0) is 30.0 Å². The van der Waals surface area contributed by atoms with Crippen LogP contribution in [0.15, 0.2) is 48.5 Å². The minimum absolute atomic E-state index is 0.326. The van der Waals surface area contributed by atoms with Gasteiger partial charge in [-0.25, -0.2) is 0 Å². The Hall–Kier alpha value is -2.54. The zero-order chi connectivity index (χ0) is 19.6. The van der Waals surface area contributed by atoms with Crippen molar-refractivity contribution in [1.82, 2.24) is 5.32 Å². The quantitative estimate of drug-likeness (QED) is 0.451. The van der Waals surface area contributed by atoms with E-state index in [2.05, 4.69) is 5.32 Å². The third kappa shape index (κ3) is 5.73. The van der Waals surface area contributed by atoms with Gasteiger partial charge in [-0.3, -0.25) is 14.9 Å². The monoisotopic (exact) mass is 383 g/mol. The topological polar surface area (TPSA) is 73.9 Å². The average Bonchev–Trinajstić information content (AvgIpc) is 3.01. The van der Waals surface area contributed by atoms with Gasteiger partial charge in [-0.15, -0.1) is 0 Å². The lowest BCUT2D eigenvalue weighted by molar-refractivity contribution is 0.0345. The van der Waals surface area contributed by atoms with E-state index in [9.17, 15) is 9.59 Å². The molecule has 0 spiro atoms. The maximum atomic E-state index is 11.9. The van der Waals surface area contributed by atoms with E-state index in [1.54, 1.807) is 12.1 Å². The molecular formula is C22H25NO5. The summed E-state index contributed by atoms with van der Waals surface area (Å²) in [5, 5.41) is 2.32. The van der Waals surface area contributed by atoms with Crippen LogP contribution in [-0.4, -0.2) is 44.8 Å². The number of hydrogen-bond acceptors (Lipinski definition) is 5. The molecule has 0 bridgehead atoms. The van der Waals surface area contributed by atoms with Crippen molar-refractivity contribution in [3.63, 3.8) is 0 Å². The fraction of sp³-hybridized carbons (Fsp3) is 0.364. The van der Waals surface area contributed by atoms with Crippen LogP contribution >= 0.6 is 0 Å². The number of carbonyl (C=O) groups excluding carboxylic acids is 2. The molecule has 0 radical (unpaired) electrons. The summed E-state index contributed by atoms with van der Waals surface area (Å²) in [6.45, 7) is 3.40. The van der Waals surface area contributed by atoms with Crippen LogP contribution in [0.3, 0.4) is 0 Å². The summed E-state index contributed by atoms with van der Waals surface area (Å²) < 4.78 is 16.7. The van der Waals surface area contributed by atoms with Gasteiger partial charge in [0.1, 0.15) is 0 Å². The zero-order valence-corrected chi connectivity index (χ0v) is 15.8. The van der Waals surface area contributed by atoms with Gasteiger partial charge < -0.3 is 14.2 Å². The van der Waals surface area contributed by atoms with Crippen molar-refractivity contribution >= 4 is 11.8 Å². The first kappa shape index (κ1) is 20.2. The van der Waals surface area contributed by atoms with Gasteiger partial charge in [0, 0.05) is 13.2 Å². The SMILES string of the molecule is O=C1NC(=O)c2c(CCOCCOCCCOCc3ccccc3)cccc21. The summed E-state index contributed by atoms with van der Waals surface area (Å²) in [7, 11) is 0. The summed E-state index contributed by atoms with van der Waals surface area (Å²) in [5.74, 6) is -0.655. The molecule has 0 fully saturated rings. The number of carbonyl (C=O) groups is 2. The Balaban J connectivity index is 1.21. The molecule has 6 heteroatoms. The highest BCUT2D eigenvalue weighted by molar-refractivity contribution is 6.22. The molecule has 0 aromatic heterocycles. The lowest BCUT2D eigenvalue weighted by Gasteiger charge is -2.08. The first-order valence-electron chi connectivity index (χ1n) is 9.50. The largest absolute Gasteiger partial charge is 0.379 e. The number of imide groups is 1. The molecule has 2 amide bonds. The summed E-state index contributed by atoms with van der Waals surface area (Å²) in [5.41, 5.74) is 2.92. The summed E-state index contributed by atoms with van der Waals surface area (Å²) in [6, 6.07) is 15.4. The average molecular weight is 383 g/mol. The van der Waals surface area contributed by atoms with Gasteiger partial charge in [-0.2, -0.15) is 0 Å². The Labute approximate surface area is 164 Å². The normalized spacial score (nSPS) is 12.9. The molecule has 0 saturated heterocycles. The van der Waals surface area contributed by atoms with E-state index in [0.717, 1.165) is 12.0 Å². The number of nitrogens with one attached hydrogen (secondary N) is 1. The first-order valence-corrected chi connectivity index (χ1v) is 9.50. The Morgan fingerprint density at radius 2 is 1.46 bits per heavy atom. The smallest absolute Gasteiger partial charge is 0.259 e. The predicted molar refractivity (Wildman–Crippen MR) is 104 cm³/mol. The molecule has 1 N–H and O–H groups in total. The number of hydrogen-bond donors (Lipinski definition) is 1. The van der Waals surface area contributed by atoms with Gasteiger partial charge in [0.15, 0.2) is 0 Å². The van der Waals surface area contributed by atoms with Gasteiger partial charge in [0.25, 0.3) is 11.8 Å². The predicted octanol–water partition coefficient (Wildman–Crippen LogP) is 2.75. The second-order valence-corrected chi connectivity index (χ2v) is 6.49. The first-order chi connectivity index (χ1) is 13.8. The van der Waals surface area contributed by atoms with Crippen molar-refractivity contribution in [1.29, 1.82) is 0 Å². The summed E-state index contributed by atoms with van der Waals surface area (Å²) >= 11 is 0. The Kier molecular flexibility index (Phi) is 7.72. The highest BCUT2D eigenvalue weighted by Gasteiger charge is 2.28. The number of amides is 2. The van der Waals surface area contributed by atoms with E-state index in [1.165, 1.54) is 5.56 Å². The van der Waals surface area contributed by atoms with Gasteiger partial charge >= 0.3 is 0 Å². The number of ether oxygens (including phenoxy) is 3. The lowest BCUT2D eigenvalue weighted by Crippen LogP contribution is -2.20. The summed E-state index contributed by atoms with van der Waals surface area (Å²) in [4.78, 5) is 23.5. The van der Waals surface area contributed by atoms with Crippen LogP contribution in [0.4, 0.5) is 0 Å². The molecule has 2 aromatic carbocycles. The molecule has 0 atom stereocenters. The highest BCUT2D eigenvalue weighted by atomic mass is 16.5. The van der Waals surface area contributed by atoms with Crippen LogP contribution in [0.25, 0.3) is 0 Å². The molecule has 28 heavy (non-hydrogen) atoms. The molecular weight excluding hydrogens is 358 g/mol. The second-order valence-electron chi connectivity index (χ2n) is 6.49. The molecule has 0 aliphatic carbocycles. The van der Waals surface area contributed by atoms with E-state index in [1.807, 2.05) is 36.4 Å². The van der Waals surface area contributed by atoms with E-state index < -0.39 is 0 Å². The molecule has 6 nitrogen and oxygen atoms in total. The van der Waals surface area contributed by atoms with E-state index in [0.29, 0.717) is 57.2 Å². The van der Waals surface area contributed by atoms with Crippen molar-refractivity contribution in [2.45, 2.75) is 19.4 Å². The number of rotatable bonds is 12. The number of fused-ring (bicyclic) bond motifs is 1. The Bertz CT molecular complexity index is 791. The molecule has 148 valence electrons.